The standard InChI is InChI=1S/C8H10Cl2O2/c1-4-3-6(9)5(2)7(11)8(4,10)12/h3-4,11-12H,1-2H3. The fourth-order valence-corrected chi connectivity index (χ4v) is 1.53. The van der Waals surface area contributed by atoms with E-state index in [1.54, 1.807) is 19.9 Å². The number of aliphatic hydroxyl groups is 2. The summed E-state index contributed by atoms with van der Waals surface area (Å²) in [5, 5.41) is 17.7. The molecule has 0 saturated carbocycles. The minimum atomic E-state index is -1.71. The third-order valence-corrected chi connectivity index (χ3v) is 2.98. The molecule has 0 spiro atoms. The molecule has 2 unspecified atom stereocenters. The minimum Gasteiger partial charge on any atom is -0.508 e. The molecule has 1 aliphatic rings. The highest BCUT2D eigenvalue weighted by molar-refractivity contribution is 6.33. The molecule has 4 heteroatoms. The maximum absolute atomic E-state index is 9.55. The Bertz CT molecular complexity index is 266. The summed E-state index contributed by atoms with van der Waals surface area (Å²) in [4.78, 5) is 0. The van der Waals surface area contributed by atoms with Gasteiger partial charge >= 0.3 is 0 Å². The van der Waals surface area contributed by atoms with E-state index < -0.39 is 11.0 Å². The SMILES string of the molecule is CC1=C(O)C(O)(Cl)C(C)C=C1Cl. The second kappa shape index (κ2) is 2.95. The van der Waals surface area contributed by atoms with Gasteiger partial charge in [-0.25, -0.2) is 0 Å². The summed E-state index contributed by atoms with van der Waals surface area (Å²) in [6, 6.07) is 0. The zero-order valence-electron chi connectivity index (χ0n) is 6.81. The average molecular weight is 209 g/mol. The second-order valence-corrected chi connectivity index (χ2v) is 3.93. The molecule has 68 valence electrons. The molecule has 0 amide bonds. The lowest BCUT2D eigenvalue weighted by Gasteiger charge is -2.30. The van der Waals surface area contributed by atoms with E-state index in [1.165, 1.54) is 0 Å². The topological polar surface area (TPSA) is 40.5 Å². The van der Waals surface area contributed by atoms with Crippen molar-refractivity contribution in [3.8, 4) is 0 Å². The predicted octanol–water partition coefficient (Wildman–Crippen LogP) is 2.52. The third kappa shape index (κ3) is 1.35. The summed E-state index contributed by atoms with van der Waals surface area (Å²) < 4.78 is 0. The highest BCUT2D eigenvalue weighted by Gasteiger charge is 2.39. The lowest BCUT2D eigenvalue weighted by molar-refractivity contribution is 0.0770. The first-order chi connectivity index (χ1) is 5.37. The van der Waals surface area contributed by atoms with Gasteiger partial charge in [-0.05, 0) is 6.92 Å². The minimum absolute atomic E-state index is 0.260. The van der Waals surface area contributed by atoms with Gasteiger partial charge in [-0.2, -0.15) is 0 Å². The van der Waals surface area contributed by atoms with E-state index >= 15 is 0 Å². The molecule has 0 fully saturated rings. The van der Waals surface area contributed by atoms with Crippen LogP contribution in [-0.4, -0.2) is 15.3 Å². The fraction of sp³-hybridized carbons (Fsp3) is 0.500. The number of hydrogen-bond acceptors (Lipinski definition) is 2. The van der Waals surface area contributed by atoms with Gasteiger partial charge in [0.05, 0.1) is 0 Å². The van der Waals surface area contributed by atoms with Crippen LogP contribution < -0.4 is 0 Å². The van der Waals surface area contributed by atoms with E-state index in [1.807, 2.05) is 0 Å². The van der Waals surface area contributed by atoms with Crippen LogP contribution >= 0.6 is 23.2 Å². The van der Waals surface area contributed by atoms with Gasteiger partial charge in [-0.1, -0.05) is 36.2 Å². The van der Waals surface area contributed by atoms with Crippen molar-refractivity contribution in [3.05, 3.63) is 22.4 Å². The molecule has 12 heavy (non-hydrogen) atoms. The third-order valence-electron chi connectivity index (χ3n) is 2.05. The largest absolute Gasteiger partial charge is 0.508 e. The number of hydrogen-bond donors (Lipinski definition) is 2. The molecule has 0 heterocycles. The lowest BCUT2D eigenvalue weighted by Crippen LogP contribution is -2.34. The summed E-state index contributed by atoms with van der Waals surface area (Å²) >= 11 is 11.4. The van der Waals surface area contributed by atoms with Gasteiger partial charge in [0.1, 0.15) is 5.76 Å². The molecule has 0 aliphatic heterocycles. The molecule has 0 aromatic carbocycles. The Balaban J connectivity index is 3.18. The molecule has 2 atom stereocenters. The van der Waals surface area contributed by atoms with E-state index in [2.05, 4.69) is 0 Å². The van der Waals surface area contributed by atoms with Crippen molar-refractivity contribution in [2.24, 2.45) is 5.92 Å². The van der Waals surface area contributed by atoms with Crippen molar-refractivity contribution in [2.75, 3.05) is 0 Å². The Morgan fingerprint density at radius 3 is 2.58 bits per heavy atom. The quantitative estimate of drug-likeness (QED) is 0.601. The molecule has 2 nitrogen and oxygen atoms in total. The first kappa shape index (κ1) is 9.90. The van der Waals surface area contributed by atoms with Crippen LogP contribution in [0, 0.1) is 5.92 Å². The van der Waals surface area contributed by atoms with Crippen LogP contribution in [0.25, 0.3) is 0 Å². The van der Waals surface area contributed by atoms with Crippen LogP contribution in [-0.2, 0) is 0 Å². The van der Waals surface area contributed by atoms with Gasteiger partial charge in [0.25, 0.3) is 0 Å². The van der Waals surface area contributed by atoms with E-state index in [0.717, 1.165) is 0 Å². The monoisotopic (exact) mass is 208 g/mol. The number of allylic oxidation sites excluding steroid dienone is 2. The Hall–Kier alpha value is -0.180. The predicted molar refractivity (Wildman–Crippen MR) is 49.2 cm³/mol. The Morgan fingerprint density at radius 2 is 2.08 bits per heavy atom. The summed E-state index contributed by atoms with van der Waals surface area (Å²) in [6.07, 6.45) is 1.61. The molecule has 0 aromatic heterocycles. The molecule has 2 N–H and O–H groups in total. The Morgan fingerprint density at radius 1 is 1.58 bits per heavy atom. The lowest BCUT2D eigenvalue weighted by atomic mass is 9.93. The molecule has 0 saturated heterocycles. The van der Waals surface area contributed by atoms with E-state index in [9.17, 15) is 10.2 Å². The van der Waals surface area contributed by atoms with Crippen LogP contribution in [0.2, 0.25) is 0 Å². The van der Waals surface area contributed by atoms with Gasteiger partial charge < -0.3 is 10.2 Å². The van der Waals surface area contributed by atoms with Gasteiger partial charge in [0.15, 0.2) is 0 Å². The molecular weight excluding hydrogens is 199 g/mol. The van der Waals surface area contributed by atoms with Crippen molar-refractivity contribution < 1.29 is 10.2 Å². The molecule has 0 bridgehead atoms. The zero-order chi connectivity index (χ0) is 9.52. The van der Waals surface area contributed by atoms with Gasteiger partial charge in [0, 0.05) is 16.5 Å². The summed E-state index contributed by atoms with van der Waals surface area (Å²) in [5.41, 5.74) is 0.423. The molecule has 0 aromatic rings. The van der Waals surface area contributed by atoms with Crippen molar-refractivity contribution in [2.45, 2.75) is 18.9 Å². The number of halogens is 2. The van der Waals surface area contributed by atoms with E-state index in [0.29, 0.717) is 10.6 Å². The fourth-order valence-electron chi connectivity index (χ4n) is 1.05. The smallest absolute Gasteiger partial charge is 0.202 e. The summed E-state index contributed by atoms with van der Waals surface area (Å²) in [7, 11) is 0. The van der Waals surface area contributed by atoms with Crippen molar-refractivity contribution in [1.29, 1.82) is 0 Å². The number of rotatable bonds is 0. The maximum atomic E-state index is 9.55. The average Bonchev–Trinajstić information content (AvgIpc) is 1.99. The molecule has 0 radical (unpaired) electrons. The highest BCUT2D eigenvalue weighted by Crippen LogP contribution is 2.39. The van der Waals surface area contributed by atoms with Crippen LogP contribution in [0.5, 0.6) is 0 Å². The Labute approximate surface area is 81.1 Å². The molecular formula is C8H10Cl2O2. The van der Waals surface area contributed by atoms with Crippen LogP contribution in [0.4, 0.5) is 0 Å². The van der Waals surface area contributed by atoms with Crippen molar-refractivity contribution in [3.63, 3.8) is 0 Å². The van der Waals surface area contributed by atoms with E-state index in [4.69, 9.17) is 23.2 Å². The van der Waals surface area contributed by atoms with Crippen LogP contribution in [0.15, 0.2) is 22.4 Å². The highest BCUT2D eigenvalue weighted by atomic mass is 35.5. The molecule has 1 aliphatic carbocycles. The van der Waals surface area contributed by atoms with Gasteiger partial charge in [-0.3, -0.25) is 0 Å². The van der Waals surface area contributed by atoms with E-state index in [-0.39, 0.29) is 5.76 Å². The number of alkyl halides is 1. The van der Waals surface area contributed by atoms with Crippen LogP contribution in [0.1, 0.15) is 13.8 Å². The first-order valence-electron chi connectivity index (χ1n) is 3.56. The summed E-state index contributed by atoms with van der Waals surface area (Å²) in [6.45, 7) is 3.28. The number of aliphatic hydroxyl groups excluding tert-OH is 1. The molecule has 1 rings (SSSR count). The van der Waals surface area contributed by atoms with Crippen LogP contribution in [0.3, 0.4) is 0 Å². The first-order valence-corrected chi connectivity index (χ1v) is 4.32. The van der Waals surface area contributed by atoms with Crippen molar-refractivity contribution in [1.82, 2.24) is 0 Å². The summed E-state index contributed by atoms with van der Waals surface area (Å²) in [5.74, 6) is -0.653. The van der Waals surface area contributed by atoms with Gasteiger partial charge in [-0.15, -0.1) is 0 Å². The second-order valence-electron chi connectivity index (χ2n) is 2.95. The zero-order valence-corrected chi connectivity index (χ0v) is 8.32. The maximum Gasteiger partial charge on any atom is 0.202 e. The van der Waals surface area contributed by atoms with Crippen molar-refractivity contribution >= 4 is 23.2 Å². The van der Waals surface area contributed by atoms with Gasteiger partial charge in [0.2, 0.25) is 5.06 Å². The normalized spacial score (nSPS) is 36.8. The Kier molecular flexibility index (Phi) is 2.43.